The second-order valence-corrected chi connectivity index (χ2v) is 5.77. The van der Waals surface area contributed by atoms with Gasteiger partial charge in [-0.15, -0.1) is 0 Å². The van der Waals surface area contributed by atoms with Crippen LogP contribution in [0.2, 0.25) is 10.0 Å². The third-order valence-corrected chi connectivity index (χ3v) is 4.17. The number of halogens is 2. The molecule has 2 aromatic carbocycles. The lowest BCUT2D eigenvalue weighted by molar-refractivity contribution is 0.0655. The van der Waals surface area contributed by atoms with E-state index in [1.807, 2.05) is 6.07 Å². The third-order valence-electron chi connectivity index (χ3n) is 3.59. The summed E-state index contributed by atoms with van der Waals surface area (Å²) in [6.45, 7) is 0. The van der Waals surface area contributed by atoms with Crippen molar-refractivity contribution in [1.29, 1.82) is 0 Å². The molecule has 0 aliphatic carbocycles. The highest BCUT2D eigenvalue weighted by atomic mass is 35.5. The van der Waals surface area contributed by atoms with E-state index < -0.39 is 6.10 Å². The molecule has 0 saturated carbocycles. The molecule has 0 fully saturated rings. The van der Waals surface area contributed by atoms with Gasteiger partial charge in [0.05, 0.1) is 13.2 Å². The van der Waals surface area contributed by atoms with Gasteiger partial charge in [0, 0.05) is 33.7 Å². The van der Waals surface area contributed by atoms with Gasteiger partial charge in [0.15, 0.2) is 0 Å². The van der Waals surface area contributed by atoms with Gasteiger partial charge >= 0.3 is 0 Å². The van der Waals surface area contributed by atoms with Gasteiger partial charge in [-0.1, -0.05) is 23.2 Å². The van der Waals surface area contributed by atoms with Gasteiger partial charge in [-0.2, -0.15) is 0 Å². The maximum atomic E-state index is 10.3. The Kier molecular flexibility index (Phi) is 3.98. The van der Waals surface area contributed by atoms with Crippen molar-refractivity contribution >= 4 is 23.2 Å². The van der Waals surface area contributed by atoms with E-state index in [0.717, 1.165) is 11.1 Å². The summed E-state index contributed by atoms with van der Waals surface area (Å²) < 4.78 is 11.2. The number of hydrogen-bond donors (Lipinski definition) is 1. The van der Waals surface area contributed by atoms with Crippen molar-refractivity contribution in [3.05, 3.63) is 57.6 Å². The lowest BCUT2D eigenvalue weighted by Gasteiger charge is -2.30. The zero-order chi connectivity index (χ0) is 15.0. The Morgan fingerprint density at radius 1 is 1.14 bits per heavy atom. The van der Waals surface area contributed by atoms with Crippen molar-refractivity contribution in [2.45, 2.75) is 18.6 Å². The Hall–Kier alpha value is -1.42. The maximum absolute atomic E-state index is 10.3. The van der Waals surface area contributed by atoms with E-state index in [0.29, 0.717) is 28.0 Å². The molecule has 1 heterocycles. The van der Waals surface area contributed by atoms with Gasteiger partial charge in [0.2, 0.25) is 0 Å². The first-order valence-electron chi connectivity index (χ1n) is 6.56. The van der Waals surface area contributed by atoms with Gasteiger partial charge in [-0.25, -0.2) is 0 Å². The summed E-state index contributed by atoms with van der Waals surface area (Å²) in [5, 5.41) is 11.5. The van der Waals surface area contributed by atoms with Crippen molar-refractivity contribution in [3.63, 3.8) is 0 Å². The summed E-state index contributed by atoms with van der Waals surface area (Å²) in [5.41, 5.74) is 1.53. The van der Waals surface area contributed by atoms with Crippen LogP contribution in [0.3, 0.4) is 0 Å². The number of methoxy groups -OCH3 is 1. The molecule has 0 amide bonds. The Labute approximate surface area is 133 Å². The number of aliphatic hydroxyl groups is 1. The fraction of sp³-hybridized carbons (Fsp3) is 0.250. The Balaban J connectivity index is 1.98. The van der Waals surface area contributed by atoms with Gasteiger partial charge < -0.3 is 14.6 Å². The summed E-state index contributed by atoms with van der Waals surface area (Å²) in [5.74, 6) is 1.29. The molecule has 0 aromatic heterocycles. The van der Waals surface area contributed by atoms with Crippen molar-refractivity contribution in [3.8, 4) is 11.5 Å². The summed E-state index contributed by atoms with van der Waals surface area (Å²) in [4.78, 5) is 0. The van der Waals surface area contributed by atoms with E-state index in [2.05, 4.69) is 0 Å². The number of aliphatic hydroxyl groups excluding tert-OH is 1. The van der Waals surface area contributed by atoms with E-state index >= 15 is 0 Å². The molecule has 1 unspecified atom stereocenters. The highest BCUT2D eigenvalue weighted by Crippen LogP contribution is 2.44. The predicted octanol–water partition coefficient (Wildman–Crippen LogP) is 4.56. The van der Waals surface area contributed by atoms with Crippen LogP contribution in [0.15, 0.2) is 36.4 Å². The molecule has 0 radical (unpaired) electrons. The quantitative estimate of drug-likeness (QED) is 0.880. The van der Waals surface area contributed by atoms with Crippen molar-refractivity contribution in [2.75, 3.05) is 7.11 Å². The van der Waals surface area contributed by atoms with Crippen LogP contribution >= 0.6 is 23.2 Å². The minimum absolute atomic E-state index is 0.342. The summed E-state index contributed by atoms with van der Waals surface area (Å²) >= 11 is 12.2. The van der Waals surface area contributed by atoms with Crippen molar-refractivity contribution in [2.24, 2.45) is 0 Å². The van der Waals surface area contributed by atoms with Gasteiger partial charge in [0.25, 0.3) is 0 Å². The molecule has 0 spiro atoms. The van der Waals surface area contributed by atoms with Crippen LogP contribution in [-0.2, 0) is 0 Å². The molecular weight excluding hydrogens is 311 g/mol. The monoisotopic (exact) mass is 324 g/mol. The fourth-order valence-corrected chi connectivity index (χ4v) is 2.92. The molecule has 21 heavy (non-hydrogen) atoms. The molecule has 5 heteroatoms. The Morgan fingerprint density at radius 2 is 1.95 bits per heavy atom. The number of fused-ring (bicyclic) bond motifs is 1. The zero-order valence-corrected chi connectivity index (χ0v) is 12.9. The lowest BCUT2D eigenvalue weighted by atomic mass is 9.95. The van der Waals surface area contributed by atoms with E-state index in [1.165, 1.54) is 0 Å². The largest absolute Gasteiger partial charge is 0.497 e. The van der Waals surface area contributed by atoms with Crippen LogP contribution in [0.1, 0.15) is 29.8 Å². The van der Waals surface area contributed by atoms with E-state index in [4.69, 9.17) is 32.7 Å². The van der Waals surface area contributed by atoms with Crippen LogP contribution < -0.4 is 9.47 Å². The minimum Gasteiger partial charge on any atom is -0.497 e. The SMILES string of the molecule is COc1ccc2c(c1)OC(c1cc(Cl)ccc1Cl)C[C@@H]2O. The van der Waals surface area contributed by atoms with Crippen LogP contribution in [0, 0.1) is 0 Å². The Bertz CT molecular complexity index is 673. The van der Waals surface area contributed by atoms with Gasteiger partial charge in [0.1, 0.15) is 17.6 Å². The lowest BCUT2D eigenvalue weighted by Crippen LogP contribution is -2.19. The van der Waals surface area contributed by atoms with Crippen molar-refractivity contribution < 1.29 is 14.6 Å². The van der Waals surface area contributed by atoms with Crippen LogP contribution in [0.5, 0.6) is 11.5 Å². The molecule has 1 aliphatic heterocycles. The Morgan fingerprint density at radius 3 is 2.71 bits per heavy atom. The van der Waals surface area contributed by atoms with E-state index in [1.54, 1.807) is 37.4 Å². The zero-order valence-electron chi connectivity index (χ0n) is 11.3. The first-order valence-corrected chi connectivity index (χ1v) is 7.31. The highest BCUT2D eigenvalue weighted by molar-refractivity contribution is 6.33. The van der Waals surface area contributed by atoms with Crippen LogP contribution in [0.4, 0.5) is 0 Å². The van der Waals surface area contributed by atoms with E-state index in [9.17, 15) is 5.11 Å². The molecule has 3 rings (SSSR count). The van der Waals surface area contributed by atoms with E-state index in [-0.39, 0.29) is 6.10 Å². The molecule has 1 aliphatic rings. The standard InChI is InChI=1S/C16H14Cl2O3/c1-20-10-3-4-11-14(19)8-16(21-15(11)7-10)12-6-9(17)2-5-13(12)18/h2-7,14,16,19H,8H2,1H3/t14-,16?/m0/s1. The highest BCUT2D eigenvalue weighted by Gasteiger charge is 2.29. The smallest absolute Gasteiger partial charge is 0.129 e. The number of benzene rings is 2. The summed E-state index contributed by atoms with van der Waals surface area (Å²) in [6.07, 6.45) is -0.523. The normalized spacial score (nSPS) is 20.6. The second kappa shape index (κ2) is 5.76. The van der Waals surface area contributed by atoms with Gasteiger partial charge in [-0.05, 0) is 30.3 Å². The fourth-order valence-electron chi connectivity index (χ4n) is 2.50. The molecule has 0 bridgehead atoms. The second-order valence-electron chi connectivity index (χ2n) is 4.93. The summed E-state index contributed by atoms with van der Waals surface area (Å²) in [7, 11) is 1.59. The molecule has 2 atom stereocenters. The molecular formula is C16H14Cl2O3. The third kappa shape index (κ3) is 2.82. The first-order chi connectivity index (χ1) is 10.1. The average Bonchev–Trinajstić information content (AvgIpc) is 2.49. The molecule has 110 valence electrons. The van der Waals surface area contributed by atoms with Crippen LogP contribution in [0.25, 0.3) is 0 Å². The van der Waals surface area contributed by atoms with Crippen molar-refractivity contribution in [1.82, 2.24) is 0 Å². The number of ether oxygens (including phenoxy) is 2. The summed E-state index contributed by atoms with van der Waals surface area (Å²) in [6, 6.07) is 10.6. The molecule has 2 aromatic rings. The topological polar surface area (TPSA) is 38.7 Å². The molecule has 3 nitrogen and oxygen atoms in total. The minimum atomic E-state index is -0.611. The first kappa shape index (κ1) is 14.5. The molecule has 1 N–H and O–H groups in total. The number of hydrogen-bond acceptors (Lipinski definition) is 3. The van der Waals surface area contributed by atoms with Crippen LogP contribution in [-0.4, -0.2) is 12.2 Å². The average molecular weight is 325 g/mol. The maximum Gasteiger partial charge on any atom is 0.129 e. The van der Waals surface area contributed by atoms with Gasteiger partial charge in [-0.3, -0.25) is 0 Å². The predicted molar refractivity (Wildman–Crippen MR) is 82.4 cm³/mol. The molecule has 0 saturated heterocycles. The number of rotatable bonds is 2.